The molecule has 1 aliphatic heterocycles. The van der Waals surface area contributed by atoms with E-state index in [0.29, 0.717) is 5.96 Å². The van der Waals surface area contributed by atoms with Crippen LogP contribution < -0.4 is 5.73 Å². The minimum atomic E-state index is -0.809. The Hall–Kier alpha value is -1.23. The van der Waals surface area contributed by atoms with Crippen molar-refractivity contribution < 1.29 is 4.84 Å². The van der Waals surface area contributed by atoms with Gasteiger partial charge >= 0.3 is 0 Å². The number of hydroxylamine groups is 2. The van der Waals surface area contributed by atoms with Gasteiger partial charge in [0.05, 0.1) is 0 Å². The lowest BCUT2D eigenvalue weighted by Gasteiger charge is -2.44. The molecular formula is C18H22BrN4OP. The topological polar surface area (TPSA) is 74.7 Å². The number of aliphatic imine (C=N–C) groups is 1. The number of nitrogens with one attached hydrogen (secondary N) is 1. The van der Waals surface area contributed by atoms with E-state index in [0.717, 1.165) is 52.3 Å². The van der Waals surface area contributed by atoms with Crippen LogP contribution in [0.5, 0.6) is 0 Å². The maximum absolute atomic E-state index is 8.37. The Morgan fingerprint density at radius 2 is 2.20 bits per heavy atom. The van der Waals surface area contributed by atoms with Gasteiger partial charge in [0.1, 0.15) is 0 Å². The van der Waals surface area contributed by atoms with Gasteiger partial charge in [-0.25, -0.2) is 14.9 Å². The van der Waals surface area contributed by atoms with Gasteiger partial charge in [0.2, 0.25) is 11.7 Å². The van der Waals surface area contributed by atoms with Crippen LogP contribution >= 0.6 is 25.2 Å². The third kappa shape index (κ3) is 2.34. The average Bonchev–Trinajstić information content (AvgIpc) is 2.99. The molecule has 3 N–H and O–H groups in total. The van der Waals surface area contributed by atoms with Gasteiger partial charge in [-0.2, -0.15) is 0 Å². The van der Waals surface area contributed by atoms with E-state index >= 15 is 0 Å². The molecule has 0 radical (unpaired) electrons. The lowest BCUT2D eigenvalue weighted by Crippen LogP contribution is -2.46. The lowest BCUT2D eigenvalue weighted by molar-refractivity contribution is -0.223. The van der Waals surface area contributed by atoms with Crippen molar-refractivity contribution in [3.8, 4) is 0 Å². The molecule has 3 unspecified atom stereocenters. The summed E-state index contributed by atoms with van der Waals surface area (Å²) in [5, 5.41) is 11.1. The Morgan fingerprint density at radius 1 is 1.44 bits per heavy atom. The molecule has 25 heavy (non-hydrogen) atoms. The first-order chi connectivity index (χ1) is 11.8. The number of hydrogen-bond acceptors (Lipinski definition) is 5. The van der Waals surface area contributed by atoms with E-state index in [-0.39, 0.29) is 5.41 Å². The maximum Gasteiger partial charge on any atom is 0.221 e. The standard InChI is InChI=1S/C18H22BrN4OP/c1-10(25)13-9-17(6-5-15(13)20)8-11-3-4-12(19)7-14(11)18(17)22-16(21)23(2)24-18/h3-4,7,20H,5-6,8-9,25H2,1-2H3,(H2,21,22). The van der Waals surface area contributed by atoms with Crippen LogP contribution in [0.15, 0.2) is 38.6 Å². The number of guanidine groups is 1. The number of rotatable bonds is 0. The van der Waals surface area contributed by atoms with Crippen molar-refractivity contribution in [2.75, 3.05) is 7.05 Å². The Bertz CT molecular complexity index is 847. The molecule has 5 nitrogen and oxygen atoms in total. The summed E-state index contributed by atoms with van der Waals surface area (Å²) < 4.78 is 1.01. The van der Waals surface area contributed by atoms with Crippen LogP contribution in [0.3, 0.4) is 0 Å². The van der Waals surface area contributed by atoms with Gasteiger partial charge in [0.15, 0.2) is 0 Å². The number of hydrogen-bond donors (Lipinski definition) is 2. The molecule has 1 aromatic carbocycles. The van der Waals surface area contributed by atoms with Gasteiger partial charge in [-0.05, 0) is 55.9 Å². The zero-order valence-corrected chi connectivity index (χ0v) is 17.1. The first-order valence-corrected chi connectivity index (χ1v) is 9.75. The normalized spacial score (nSPS) is 33.2. The van der Waals surface area contributed by atoms with E-state index < -0.39 is 5.72 Å². The fraction of sp³-hybridized carbons (Fsp3) is 0.444. The average molecular weight is 421 g/mol. The van der Waals surface area contributed by atoms with Gasteiger partial charge in [-0.15, -0.1) is 9.24 Å². The maximum atomic E-state index is 8.37. The van der Waals surface area contributed by atoms with E-state index in [1.165, 1.54) is 5.56 Å². The second-order valence-corrected chi connectivity index (χ2v) is 9.06. The summed E-state index contributed by atoms with van der Waals surface area (Å²) >= 11 is 3.59. The number of halogens is 1. The molecule has 0 amide bonds. The van der Waals surface area contributed by atoms with Crippen LogP contribution in [0.2, 0.25) is 0 Å². The van der Waals surface area contributed by atoms with E-state index in [1.54, 1.807) is 12.1 Å². The molecule has 1 saturated carbocycles. The van der Waals surface area contributed by atoms with E-state index in [1.807, 2.05) is 0 Å². The highest BCUT2D eigenvalue weighted by Gasteiger charge is 2.63. The monoisotopic (exact) mass is 420 g/mol. The molecule has 0 saturated heterocycles. The summed E-state index contributed by atoms with van der Waals surface area (Å²) in [6.07, 6.45) is 3.26. The molecule has 0 bridgehead atoms. The molecule has 2 spiro atoms. The number of nitrogens with zero attached hydrogens (tertiary/aromatic N) is 2. The van der Waals surface area contributed by atoms with Gasteiger partial charge in [-0.3, -0.25) is 0 Å². The number of benzene rings is 1. The summed E-state index contributed by atoms with van der Waals surface area (Å²) in [6.45, 7) is 2.05. The van der Waals surface area contributed by atoms with Crippen molar-refractivity contribution in [3.05, 3.63) is 44.7 Å². The molecule has 7 heteroatoms. The van der Waals surface area contributed by atoms with Gasteiger partial charge < -0.3 is 11.1 Å². The Balaban J connectivity index is 1.92. The molecule has 3 atom stereocenters. The largest absolute Gasteiger partial charge is 0.368 e. The van der Waals surface area contributed by atoms with E-state index in [9.17, 15) is 0 Å². The Morgan fingerprint density at radius 3 is 2.84 bits per heavy atom. The molecule has 1 aromatic rings. The number of nitrogens with two attached hydrogens (primary N) is 1. The van der Waals surface area contributed by atoms with Crippen LogP contribution in [0, 0.1) is 10.8 Å². The SMILES string of the molecule is CC(P)=C1CC2(CCC1=N)Cc1ccc(Br)cc1C21N=C(N)N(C)O1. The third-order valence-corrected chi connectivity index (χ3v) is 6.60. The predicted octanol–water partition coefficient (Wildman–Crippen LogP) is 3.69. The summed E-state index contributed by atoms with van der Waals surface area (Å²) in [4.78, 5) is 11.2. The Kier molecular flexibility index (Phi) is 3.87. The molecule has 132 valence electrons. The van der Waals surface area contributed by atoms with Crippen LogP contribution in [0.25, 0.3) is 0 Å². The minimum absolute atomic E-state index is 0.219. The first-order valence-electron chi connectivity index (χ1n) is 8.38. The number of fused-ring (bicyclic) bond motifs is 3. The van der Waals surface area contributed by atoms with E-state index in [2.05, 4.69) is 50.3 Å². The summed E-state index contributed by atoms with van der Waals surface area (Å²) in [5.74, 6) is 0.404. The smallest absolute Gasteiger partial charge is 0.221 e. The van der Waals surface area contributed by atoms with Crippen LogP contribution in [-0.2, 0) is 17.0 Å². The molecular weight excluding hydrogens is 399 g/mol. The van der Waals surface area contributed by atoms with Crippen molar-refractivity contribution in [1.29, 1.82) is 5.41 Å². The predicted molar refractivity (Wildman–Crippen MR) is 106 cm³/mol. The summed E-state index contributed by atoms with van der Waals surface area (Å²) in [6, 6.07) is 6.33. The second-order valence-electron chi connectivity index (χ2n) is 7.28. The fourth-order valence-corrected chi connectivity index (χ4v) is 5.11. The summed E-state index contributed by atoms with van der Waals surface area (Å²) in [5.41, 5.74) is 9.27. The van der Waals surface area contributed by atoms with Gasteiger partial charge in [-0.1, -0.05) is 27.3 Å². The van der Waals surface area contributed by atoms with Crippen molar-refractivity contribution in [3.63, 3.8) is 0 Å². The highest BCUT2D eigenvalue weighted by atomic mass is 79.9. The quantitative estimate of drug-likeness (QED) is 0.628. The highest BCUT2D eigenvalue weighted by Crippen LogP contribution is 2.62. The highest BCUT2D eigenvalue weighted by molar-refractivity contribution is 9.10. The van der Waals surface area contributed by atoms with Crippen LogP contribution in [0.1, 0.15) is 37.3 Å². The number of allylic oxidation sites excluding steroid dienone is 2. The molecule has 1 fully saturated rings. The van der Waals surface area contributed by atoms with Crippen molar-refractivity contribution >= 4 is 36.8 Å². The Labute approximate surface area is 158 Å². The minimum Gasteiger partial charge on any atom is -0.368 e. The van der Waals surface area contributed by atoms with E-state index in [4.69, 9.17) is 21.0 Å². The lowest BCUT2D eigenvalue weighted by atomic mass is 9.65. The summed E-state index contributed by atoms with van der Waals surface area (Å²) in [7, 11) is 4.56. The van der Waals surface area contributed by atoms with Gasteiger partial charge in [0, 0.05) is 28.2 Å². The van der Waals surface area contributed by atoms with Crippen LogP contribution in [0.4, 0.5) is 0 Å². The second kappa shape index (κ2) is 5.63. The van der Waals surface area contributed by atoms with Crippen molar-refractivity contribution in [2.45, 2.75) is 38.3 Å². The first kappa shape index (κ1) is 17.2. The molecule has 0 aromatic heterocycles. The van der Waals surface area contributed by atoms with Crippen molar-refractivity contribution in [2.24, 2.45) is 16.1 Å². The zero-order chi connectivity index (χ0) is 18.0. The molecule has 4 rings (SSSR count). The van der Waals surface area contributed by atoms with Gasteiger partial charge in [0.25, 0.3) is 0 Å². The van der Waals surface area contributed by atoms with Crippen molar-refractivity contribution in [1.82, 2.24) is 5.06 Å². The van der Waals surface area contributed by atoms with Crippen LogP contribution in [-0.4, -0.2) is 23.8 Å². The molecule has 2 aliphatic carbocycles. The fourth-order valence-electron chi connectivity index (χ4n) is 4.48. The third-order valence-electron chi connectivity index (χ3n) is 5.76. The molecule has 3 aliphatic rings. The molecule has 1 heterocycles. The zero-order valence-electron chi connectivity index (χ0n) is 14.4.